The maximum Gasteiger partial charge on any atom is 0.255 e. The Labute approximate surface area is 147 Å². The molecular formula is C20H23NO4. The van der Waals surface area contributed by atoms with Gasteiger partial charge < -0.3 is 19.5 Å². The van der Waals surface area contributed by atoms with Crippen LogP contribution in [0.25, 0.3) is 0 Å². The average Bonchev–Trinajstić information content (AvgIpc) is 2.65. The summed E-state index contributed by atoms with van der Waals surface area (Å²) >= 11 is 0. The zero-order chi connectivity index (χ0) is 17.8. The third kappa shape index (κ3) is 3.71. The molecule has 1 atom stereocenters. The van der Waals surface area contributed by atoms with E-state index in [0.29, 0.717) is 24.5 Å². The van der Waals surface area contributed by atoms with Crippen LogP contribution in [0.3, 0.4) is 0 Å². The predicted molar refractivity (Wildman–Crippen MR) is 95.5 cm³/mol. The lowest BCUT2D eigenvalue weighted by Gasteiger charge is -2.25. The summed E-state index contributed by atoms with van der Waals surface area (Å²) in [6.07, 6.45) is 0. The number of nitrogens with one attached hydrogen (secondary N) is 1. The molecule has 25 heavy (non-hydrogen) atoms. The summed E-state index contributed by atoms with van der Waals surface area (Å²) in [5.41, 5.74) is 1.51. The highest BCUT2D eigenvalue weighted by Gasteiger charge is 2.23. The standard InChI is InChI=1S/C20H23NO4/c1-13(2)19(14-8-9-17-18(12-14)25-11-10-24-17)21-20(22)15-6-4-5-7-16(15)23-3/h4-9,12-13,19H,10-11H2,1-3H3,(H,21,22). The van der Waals surface area contributed by atoms with Crippen molar-refractivity contribution in [1.29, 1.82) is 0 Å². The van der Waals surface area contributed by atoms with Gasteiger partial charge in [-0.25, -0.2) is 0 Å². The summed E-state index contributed by atoms with van der Waals surface area (Å²) in [5, 5.41) is 3.12. The molecule has 5 nitrogen and oxygen atoms in total. The van der Waals surface area contributed by atoms with E-state index in [4.69, 9.17) is 14.2 Å². The first kappa shape index (κ1) is 17.1. The van der Waals surface area contributed by atoms with Gasteiger partial charge in [-0.15, -0.1) is 0 Å². The number of hydrogen-bond acceptors (Lipinski definition) is 4. The van der Waals surface area contributed by atoms with Crippen LogP contribution < -0.4 is 19.5 Å². The molecule has 0 fully saturated rings. The molecule has 0 radical (unpaired) electrons. The van der Waals surface area contributed by atoms with Crippen molar-refractivity contribution >= 4 is 5.91 Å². The van der Waals surface area contributed by atoms with Gasteiger partial charge in [-0.05, 0) is 35.7 Å². The Kier molecular flexibility index (Phi) is 5.12. The van der Waals surface area contributed by atoms with Crippen molar-refractivity contribution in [2.75, 3.05) is 20.3 Å². The molecular weight excluding hydrogens is 318 g/mol. The van der Waals surface area contributed by atoms with Crippen molar-refractivity contribution in [2.24, 2.45) is 5.92 Å². The summed E-state index contributed by atoms with van der Waals surface area (Å²) < 4.78 is 16.5. The third-order valence-corrected chi connectivity index (χ3v) is 4.23. The molecule has 0 aromatic heterocycles. The molecule has 1 amide bonds. The molecule has 2 aromatic carbocycles. The van der Waals surface area contributed by atoms with Gasteiger partial charge in [-0.1, -0.05) is 32.0 Å². The maximum atomic E-state index is 12.8. The van der Waals surface area contributed by atoms with Gasteiger partial charge in [0.1, 0.15) is 19.0 Å². The molecule has 1 unspecified atom stereocenters. The van der Waals surface area contributed by atoms with Crippen molar-refractivity contribution in [3.8, 4) is 17.2 Å². The van der Waals surface area contributed by atoms with Gasteiger partial charge in [-0.3, -0.25) is 4.79 Å². The van der Waals surface area contributed by atoms with Gasteiger partial charge >= 0.3 is 0 Å². The van der Waals surface area contributed by atoms with Crippen LogP contribution in [0.4, 0.5) is 0 Å². The van der Waals surface area contributed by atoms with E-state index in [1.165, 1.54) is 0 Å². The fraction of sp³-hybridized carbons (Fsp3) is 0.350. The Morgan fingerprint density at radius 1 is 1.08 bits per heavy atom. The third-order valence-electron chi connectivity index (χ3n) is 4.23. The number of benzene rings is 2. The van der Waals surface area contributed by atoms with Gasteiger partial charge in [0.15, 0.2) is 11.5 Å². The van der Waals surface area contributed by atoms with Crippen LogP contribution in [0, 0.1) is 5.92 Å². The van der Waals surface area contributed by atoms with Crippen LogP contribution >= 0.6 is 0 Å². The molecule has 2 aromatic rings. The molecule has 0 aliphatic carbocycles. The Balaban J connectivity index is 1.85. The summed E-state index contributed by atoms with van der Waals surface area (Å²) in [5.74, 6) is 2.08. The van der Waals surface area contributed by atoms with Crippen LogP contribution in [-0.2, 0) is 0 Å². The SMILES string of the molecule is COc1ccccc1C(=O)NC(c1ccc2c(c1)OCCO2)C(C)C. The maximum absolute atomic E-state index is 12.8. The second kappa shape index (κ2) is 7.47. The largest absolute Gasteiger partial charge is 0.496 e. The van der Waals surface area contributed by atoms with Gasteiger partial charge in [0.25, 0.3) is 5.91 Å². The van der Waals surface area contributed by atoms with Gasteiger partial charge in [0, 0.05) is 0 Å². The molecule has 132 valence electrons. The van der Waals surface area contributed by atoms with E-state index in [1.807, 2.05) is 30.3 Å². The summed E-state index contributed by atoms with van der Waals surface area (Å²) in [6.45, 7) is 5.24. The Morgan fingerprint density at radius 2 is 1.80 bits per heavy atom. The number of amides is 1. The minimum Gasteiger partial charge on any atom is -0.496 e. The van der Waals surface area contributed by atoms with E-state index in [2.05, 4.69) is 19.2 Å². The summed E-state index contributed by atoms with van der Waals surface area (Å²) in [7, 11) is 1.56. The smallest absolute Gasteiger partial charge is 0.255 e. The first-order chi connectivity index (χ1) is 12.1. The lowest BCUT2D eigenvalue weighted by molar-refractivity contribution is 0.0922. The van der Waals surface area contributed by atoms with E-state index in [9.17, 15) is 4.79 Å². The normalized spacial score (nSPS) is 14.1. The van der Waals surface area contributed by atoms with Crippen LogP contribution in [0.15, 0.2) is 42.5 Å². The molecule has 1 N–H and O–H groups in total. The second-order valence-corrected chi connectivity index (χ2v) is 6.30. The number of carbonyl (C=O) groups excluding carboxylic acids is 1. The van der Waals surface area contributed by atoms with Gasteiger partial charge in [0.05, 0.1) is 18.7 Å². The quantitative estimate of drug-likeness (QED) is 0.903. The zero-order valence-electron chi connectivity index (χ0n) is 14.7. The Bertz CT molecular complexity index is 757. The predicted octanol–water partition coefficient (Wildman–Crippen LogP) is 3.59. The van der Waals surface area contributed by atoms with Crippen molar-refractivity contribution < 1.29 is 19.0 Å². The lowest BCUT2D eigenvalue weighted by atomic mass is 9.95. The van der Waals surface area contributed by atoms with E-state index >= 15 is 0 Å². The molecule has 3 rings (SSSR count). The summed E-state index contributed by atoms with van der Waals surface area (Å²) in [4.78, 5) is 12.8. The highest BCUT2D eigenvalue weighted by molar-refractivity contribution is 5.97. The molecule has 0 saturated heterocycles. The van der Waals surface area contributed by atoms with Crippen molar-refractivity contribution in [3.63, 3.8) is 0 Å². The lowest BCUT2D eigenvalue weighted by Crippen LogP contribution is -2.32. The number of hydrogen-bond donors (Lipinski definition) is 1. The van der Waals surface area contributed by atoms with Crippen molar-refractivity contribution in [2.45, 2.75) is 19.9 Å². The number of ether oxygens (including phenoxy) is 3. The van der Waals surface area contributed by atoms with E-state index < -0.39 is 0 Å². The minimum absolute atomic E-state index is 0.145. The molecule has 0 bridgehead atoms. The molecule has 0 spiro atoms. The average molecular weight is 341 g/mol. The topological polar surface area (TPSA) is 56.8 Å². The molecule has 1 aliphatic rings. The molecule has 5 heteroatoms. The number of fused-ring (bicyclic) bond motifs is 1. The van der Waals surface area contributed by atoms with Crippen molar-refractivity contribution in [3.05, 3.63) is 53.6 Å². The molecule has 1 heterocycles. The van der Waals surface area contributed by atoms with Crippen LogP contribution in [0.2, 0.25) is 0 Å². The minimum atomic E-state index is -0.161. The first-order valence-corrected chi connectivity index (χ1v) is 8.43. The first-order valence-electron chi connectivity index (χ1n) is 8.43. The van der Waals surface area contributed by atoms with E-state index in [0.717, 1.165) is 17.1 Å². The van der Waals surface area contributed by atoms with Crippen LogP contribution in [-0.4, -0.2) is 26.2 Å². The monoisotopic (exact) mass is 341 g/mol. The highest BCUT2D eigenvalue weighted by Crippen LogP contribution is 2.34. The Morgan fingerprint density at radius 3 is 2.52 bits per heavy atom. The fourth-order valence-corrected chi connectivity index (χ4v) is 2.94. The van der Waals surface area contributed by atoms with Crippen LogP contribution in [0.1, 0.15) is 35.8 Å². The Hall–Kier alpha value is -2.69. The fourth-order valence-electron chi connectivity index (χ4n) is 2.94. The number of rotatable bonds is 5. The summed E-state index contributed by atoms with van der Waals surface area (Å²) in [6, 6.07) is 12.9. The number of methoxy groups -OCH3 is 1. The number of carbonyl (C=O) groups is 1. The van der Waals surface area contributed by atoms with Crippen LogP contribution in [0.5, 0.6) is 17.2 Å². The van der Waals surface area contributed by atoms with Crippen molar-refractivity contribution in [1.82, 2.24) is 5.32 Å². The van der Waals surface area contributed by atoms with E-state index in [-0.39, 0.29) is 17.9 Å². The molecule has 0 saturated carbocycles. The second-order valence-electron chi connectivity index (χ2n) is 6.30. The zero-order valence-corrected chi connectivity index (χ0v) is 14.7. The van der Waals surface area contributed by atoms with E-state index in [1.54, 1.807) is 19.2 Å². The number of para-hydroxylation sites is 1. The van der Waals surface area contributed by atoms with Gasteiger partial charge in [-0.2, -0.15) is 0 Å². The van der Waals surface area contributed by atoms with Gasteiger partial charge in [0.2, 0.25) is 0 Å². The molecule has 1 aliphatic heterocycles. The highest BCUT2D eigenvalue weighted by atomic mass is 16.6.